The lowest BCUT2D eigenvalue weighted by atomic mass is 9.68. The Balaban J connectivity index is 1.92. The Morgan fingerprint density at radius 1 is 1.26 bits per heavy atom. The van der Waals surface area contributed by atoms with Gasteiger partial charge in [-0.2, -0.15) is 0 Å². The largest absolute Gasteiger partial charge is 0.379 e. The number of hydrogen-bond acceptors (Lipinski definition) is 3. The minimum Gasteiger partial charge on any atom is -0.379 e. The summed E-state index contributed by atoms with van der Waals surface area (Å²) >= 11 is 12.0. The number of anilines is 1. The van der Waals surface area contributed by atoms with Crippen molar-refractivity contribution in [2.75, 3.05) is 5.32 Å². The molecule has 5 heteroatoms. The van der Waals surface area contributed by atoms with E-state index in [1.165, 1.54) is 19.3 Å². The molecule has 3 nitrogen and oxygen atoms in total. The minimum atomic E-state index is 0.270. The van der Waals surface area contributed by atoms with Crippen LogP contribution in [0.3, 0.4) is 0 Å². The molecule has 1 aromatic heterocycles. The molecule has 19 heavy (non-hydrogen) atoms. The molecule has 3 atom stereocenters. The standard InChI is InChI=1S/C14H19Cl2N3/c1-13(2)8-4-5-14(3,7-8)12(13)17-9-6-10(15)18-19-11(9)16/h6,8,12H,4-5,7H2,1-3H3,(H,17,18). The Hall–Kier alpha value is -0.540. The van der Waals surface area contributed by atoms with Crippen LogP contribution in [0.5, 0.6) is 0 Å². The molecule has 0 saturated heterocycles. The fraction of sp³-hybridized carbons (Fsp3) is 0.714. The van der Waals surface area contributed by atoms with E-state index in [1.807, 2.05) is 0 Å². The topological polar surface area (TPSA) is 37.8 Å². The van der Waals surface area contributed by atoms with Crippen LogP contribution in [0.1, 0.15) is 40.0 Å². The molecule has 104 valence electrons. The summed E-state index contributed by atoms with van der Waals surface area (Å²) in [5.74, 6) is 0.791. The molecule has 1 heterocycles. The molecular formula is C14H19Cl2N3. The van der Waals surface area contributed by atoms with Gasteiger partial charge in [-0.3, -0.25) is 0 Å². The average molecular weight is 300 g/mol. The van der Waals surface area contributed by atoms with Crippen LogP contribution in [0.4, 0.5) is 5.69 Å². The number of nitrogens with one attached hydrogen (secondary N) is 1. The van der Waals surface area contributed by atoms with Gasteiger partial charge in [-0.05, 0) is 36.0 Å². The van der Waals surface area contributed by atoms with E-state index in [2.05, 4.69) is 36.3 Å². The van der Waals surface area contributed by atoms with E-state index in [0.717, 1.165) is 11.6 Å². The van der Waals surface area contributed by atoms with Crippen LogP contribution in [-0.2, 0) is 0 Å². The summed E-state index contributed by atoms with van der Waals surface area (Å²) in [4.78, 5) is 0. The monoisotopic (exact) mass is 299 g/mol. The molecule has 0 aromatic carbocycles. The van der Waals surface area contributed by atoms with Crippen molar-refractivity contribution in [1.29, 1.82) is 0 Å². The van der Waals surface area contributed by atoms with E-state index in [-0.39, 0.29) is 5.41 Å². The number of aromatic nitrogens is 2. The third kappa shape index (κ3) is 2.02. The van der Waals surface area contributed by atoms with Gasteiger partial charge in [0.1, 0.15) is 0 Å². The molecule has 3 rings (SSSR count). The molecule has 2 aliphatic carbocycles. The Labute approximate surface area is 124 Å². The van der Waals surface area contributed by atoms with Crippen molar-refractivity contribution < 1.29 is 0 Å². The Bertz CT molecular complexity index is 513. The summed E-state index contributed by atoms with van der Waals surface area (Å²) < 4.78 is 0. The molecular weight excluding hydrogens is 281 g/mol. The average Bonchev–Trinajstić information content (AvgIpc) is 2.80. The van der Waals surface area contributed by atoms with Crippen molar-refractivity contribution >= 4 is 28.9 Å². The summed E-state index contributed by atoms with van der Waals surface area (Å²) in [6.45, 7) is 7.08. The molecule has 3 unspecified atom stereocenters. The van der Waals surface area contributed by atoms with Gasteiger partial charge in [-0.1, -0.05) is 44.0 Å². The third-order valence-corrected chi connectivity index (χ3v) is 5.75. The van der Waals surface area contributed by atoms with Gasteiger partial charge in [-0.15, -0.1) is 10.2 Å². The van der Waals surface area contributed by atoms with E-state index in [9.17, 15) is 0 Å². The van der Waals surface area contributed by atoms with Crippen LogP contribution in [0.15, 0.2) is 6.07 Å². The van der Waals surface area contributed by atoms with Gasteiger partial charge in [-0.25, -0.2) is 0 Å². The lowest BCUT2D eigenvalue weighted by Crippen LogP contribution is -2.45. The van der Waals surface area contributed by atoms with Crippen molar-refractivity contribution in [3.63, 3.8) is 0 Å². The first-order valence-electron chi connectivity index (χ1n) is 6.78. The predicted octanol–water partition coefficient (Wildman–Crippen LogP) is 4.41. The van der Waals surface area contributed by atoms with Gasteiger partial charge in [0, 0.05) is 12.1 Å². The highest BCUT2D eigenvalue weighted by atomic mass is 35.5. The van der Waals surface area contributed by atoms with E-state index < -0.39 is 0 Å². The van der Waals surface area contributed by atoms with Crippen LogP contribution in [0.2, 0.25) is 10.3 Å². The predicted molar refractivity (Wildman–Crippen MR) is 78.7 cm³/mol. The van der Waals surface area contributed by atoms with Crippen LogP contribution in [0.25, 0.3) is 0 Å². The van der Waals surface area contributed by atoms with Crippen molar-refractivity contribution in [2.45, 2.75) is 46.1 Å². The highest BCUT2D eigenvalue weighted by Crippen LogP contribution is 2.63. The fourth-order valence-corrected chi connectivity index (χ4v) is 4.57. The number of hydrogen-bond donors (Lipinski definition) is 1. The van der Waals surface area contributed by atoms with Gasteiger partial charge >= 0.3 is 0 Å². The molecule has 0 aliphatic heterocycles. The summed E-state index contributed by atoms with van der Waals surface area (Å²) in [6.07, 6.45) is 3.91. The zero-order chi connectivity index (χ0) is 13.8. The molecule has 0 spiro atoms. The van der Waals surface area contributed by atoms with Gasteiger partial charge in [0.2, 0.25) is 0 Å². The molecule has 2 fully saturated rings. The Kier molecular flexibility index (Phi) is 2.99. The van der Waals surface area contributed by atoms with Gasteiger partial charge in [0.25, 0.3) is 0 Å². The second kappa shape index (κ2) is 4.23. The van der Waals surface area contributed by atoms with E-state index in [0.29, 0.717) is 21.8 Å². The van der Waals surface area contributed by atoms with E-state index in [1.54, 1.807) is 6.07 Å². The first-order valence-corrected chi connectivity index (χ1v) is 7.54. The van der Waals surface area contributed by atoms with Crippen molar-refractivity contribution in [2.24, 2.45) is 16.7 Å². The normalized spacial score (nSPS) is 35.6. The van der Waals surface area contributed by atoms with Gasteiger partial charge in [0.15, 0.2) is 10.3 Å². The third-order valence-electron chi connectivity index (χ3n) is 5.29. The maximum Gasteiger partial charge on any atom is 0.174 e. The summed E-state index contributed by atoms with van der Waals surface area (Å²) in [6, 6.07) is 2.17. The number of rotatable bonds is 2. The molecule has 2 aliphatic rings. The minimum absolute atomic E-state index is 0.270. The van der Waals surface area contributed by atoms with Crippen LogP contribution in [0, 0.1) is 16.7 Å². The molecule has 0 radical (unpaired) electrons. The SMILES string of the molecule is CC12CCC(C1)C(C)(C)C2Nc1cc(Cl)nnc1Cl. The van der Waals surface area contributed by atoms with Crippen molar-refractivity contribution in [3.05, 3.63) is 16.4 Å². The van der Waals surface area contributed by atoms with Crippen LogP contribution < -0.4 is 5.32 Å². The molecule has 1 aromatic rings. The molecule has 0 amide bonds. The zero-order valence-corrected chi connectivity index (χ0v) is 13.0. The van der Waals surface area contributed by atoms with Crippen molar-refractivity contribution in [3.8, 4) is 0 Å². The fourth-order valence-electron chi connectivity index (χ4n) is 4.27. The summed E-state index contributed by atoms with van der Waals surface area (Å²) in [7, 11) is 0. The second-order valence-electron chi connectivity index (χ2n) is 6.86. The lowest BCUT2D eigenvalue weighted by Gasteiger charge is -2.43. The zero-order valence-electron chi connectivity index (χ0n) is 11.5. The lowest BCUT2D eigenvalue weighted by molar-refractivity contribution is 0.155. The number of nitrogens with zero attached hydrogens (tertiary/aromatic N) is 2. The first kappa shape index (κ1) is 13.4. The second-order valence-corrected chi connectivity index (χ2v) is 7.61. The quantitative estimate of drug-likeness (QED) is 0.879. The van der Waals surface area contributed by atoms with E-state index >= 15 is 0 Å². The molecule has 2 bridgehead atoms. The van der Waals surface area contributed by atoms with Gasteiger partial charge in [0.05, 0.1) is 5.69 Å². The van der Waals surface area contributed by atoms with Crippen molar-refractivity contribution in [1.82, 2.24) is 10.2 Å². The highest BCUT2D eigenvalue weighted by Gasteiger charge is 2.59. The smallest absolute Gasteiger partial charge is 0.174 e. The van der Waals surface area contributed by atoms with Crippen LogP contribution in [-0.4, -0.2) is 16.2 Å². The Morgan fingerprint density at radius 3 is 2.63 bits per heavy atom. The first-order chi connectivity index (χ1) is 8.83. The highest BCUT2D eigenvalue weighted by molar-refractivity contribution is 6.33. The maximum absolute atomic E-state index is 6.12. The number of halogens is 2. The Morgan fingerprint density at radius 2 is 2.00 bits per heavy atom. The molecule has 1 N–H and O–H groups in total. The summed E-state index contributed by atoms with van der Waals surface area (Å²) in [5.41, 5.74) is 1.41. The summed E-state index contributed by atoms with van der Waals surface area (Å²) in [5, 5.41) is 12.0. The molecule has 2 saturated carbocycles. The van der Waals surface area contributed by atoms with E-state index in [4.69, 9.17) is 23.2 Å². The maximum atomic E-state index is 6.12. The number of fused-ring (bicyclic) bond motifs is 2. The van der Waals surface area contributed by atoms with Gasteiger partial charge < -0.3 is 5.32 Å². The van der Waals surface area contributed by atoms with Crippen LogP contribution >= 0.6 is 23.2 Å².